The molecule has 8 nitrogen and oxygen atoms in total. The van der Waals surface area contributed by atoms with Gasteiger partial charge in [0.05, 0.1) is 36.8 Å². The fraction of sp³-hybridized carbons (Fsp3) is 0.333. The minimum atomic E-state index is -4.22. The van der Waals surface area contributed by atoms with Crippen LogP contribution >= 0.6 is 0 Å². The first-order valence-electron chi connectivity index (χ1n) is 14.3. The van der Waals surface area contributed by atoms with Crippen molar-refractivity contribution in [1.82, 2.24) is 0 Å². The molecule has 0 bridgehead atoms. The third-order valence-corrected chi connectivity index (χ3v) is 6.29. The Morgan fingerprint density at radius 1 is 0.773 bits per heavy atom. The van der Waals surface area contributed by atoms with Gasteiger partial charge in [-0.1, -0.05) is 12.1 Å². The number of benzene rings is 3. The number of carbonyl (C=O) groups excluding carboxylic acids is 2. The molecule has 0 amide bonds. The van der Waals surface area contributed by atoms with Crippen molar-refractivity contribution in [3.63, 3.8) is 0 Å². The Kier molecular flexibility index (Phi) is 12.9. The van der Waals surface area contributed by atoms with Crippen LogP contribution in [0.25, 0.3) is 6.08 Å². The van der Waals surface area contributed by atoms with Crippen molar-refractivity contribution in [2.24, 2.45) is 0 Å². The summed E-state index contributed by atoms with van der Waals surface area (Å²) in [6.45, 7) is 2.64. The van der Waals surface area contributed by atoms with Gasteiger partial charge in [0.1, 0.15) is 11.5 Å². The molecule has 0 spiro atoms. The molecule has 0 atom stereocenters. The summed E-state index contributed by atoms with van der Waals surface area (Å²) in [7, 11) is 0. The zero-order valence-corrected chi connectivity index (χ0v) is 24.5. The fourth-order valence-corrected chi connectivity index (χ4v) is 4.08. The van der Waals surface area contributed by atoms with Crippen LogP contribution < -0.4 is 25.7 Å². The highest BCUT2D eigenvalue weighted by atomic mass is 19.4. The second kappa shape index (κ2) is 16.8. The predicted octanol–water partition coefficient (Wildman–Crippen LogP) is 7.30. The molecule has 0 saturated heterocycles. The molecule has 236 valence electrons. The number of carbonyl (C=O) groups is 2. The molecule has 3 rings (SSSR count). The number of unbranched alkanes of at least 4 members (excludes halogenated alkanes) is 3. The van der Waals surface area contributed by atoms with Gasteiger partial charge in [-0.25, -0.2) is 9.59 Å². The summed E-state index contributed by atoms with van der Waals surface area (Å²) in [4.78, 5) is 24.4. The van der Waals surface area contributed by atoms with E-state index in [4.69, 9.17) is 30.4 Å². The van der Waals surface area contributed by atoms with E-state index in [0.29, 0.717) is 47.4 Å². The topological polar surface area (TPSA) is 123 Å². The maximum Gasteiger partial charge on any atom is 0.389 e. The zero-order chi connectivity index (χ0) is 32.0. The van der Waals surface area contributed by atoms with E-state index in [1.165, 1.54) is 30.3 Å². The number of hydrogen-bond donors (Lipinski definition) is 2. The number of alkyl halides is 3. The SMILES string of the molecule is Cc1cc(N)c(OCCCCCCOC(=O)/C=C/c2ccc(OC(=O)c3ccc(OCCCC(F)(F)F)cc3)cc2)c(N)c1. The van der Waals surface area contributed by atoms with Gasteiger partial charge in [0.2, 0.25) is 0 Å². The molecule has 3 aromatic carbocycles. The second-order valence-corrected chi connectivity index (χ2v) is 10.1. The lowest BCUT2D eigenvalue weighted by atomic mass is 10.2. The number of anilines is 2. The summed E-state index contributed by atoms with van der Waals surface area (Å²) >= 11 is 0. The number of nitrogen functional groups attached to an aromatic ring is 2. The molecule has 0 saturated carbocycles. The highest BCUT2D eigenvalue weighted by molar-refractivity contribution is 5.91. The van der Waals surface area contributed by atoms with Crippen LogP contribution in [0.15, 0.2) is 66.7 Å². The minimum absolute atomic E-state index is 0.0820. The molecule has 44 heavy (non-hydrogen) atoms. The van der Waals surface area contributed by atoms with Crippen molar-refractivity contribution in [3.05, 3.63) is 83.4 Å². The van der Waals surface area contributed by atoms with Crippen LogP contribution in [0, 0.1) is 6.92 Å². The van der Waals surface area contributed by atoms with E-state index < -0.39 is 24.5 Å². The van der Waals surface area contributed by atoms with Gasteiger partial charge in [-0.05, 0) is 105 Å². The first kappa shape index (κ1) is 33.8. The van der Waals surface area contributed by atoms with Crippen LogP contribution in [0.1, 0.15) is 60.0 Å². The van der Waals surface area contributed by atoms with E-state index in [0.717, 1.165) is 31.2 Å². The Hall–Kier alpha value is -4.67. The van der Waals surface area contributed by atoms with Gasteiger partial charge in [0.15, 0.2) is 5.75 Å². The summed E-state index contributed by atoms with van der Waals surface area (Å²) in [5, 5.41) is 0. The number of ether oxygens (including phenoxy) is 4. The average Bonchev–Trinajstić information content (AvgIpc) is 2.97. The Labute approximate surface area is 254 Å². The summed E-state index contributed by atoms with van der Waals surface area (Å²) in [6, 6.07) is 16.1. The van der Waals surface area contributed by atoms with E-state index in [-0.39, 0.29) is 18.6 Å². The molecule has 0 aliphatic rings. The number of esters is 2. The Balaban J connectivity index is 1.29. The van der Waals surface area contributed by atoms with Gasteiger partial charge in [0.25, 0.3) is 0 Å². The monoisotopic (exact) mass is 614 g/mol. The van der Waals surface area contributed by atoms with Crippen LogP contribution in [0.5, 0.6) is 17.2 Å². The molecule has 0 unspecified atom stereocenters. The van der Waals surface area contributed by atoms with Crippen LogP contribution in [-0.4, -0.2) is 37.9 Å². The van der Waals surface area contributed by atoms with Gasteiger partial charge in [-0.2, -0.15) is 13.2 Å². The van der Waals surface area contributed by atoms with E-state index in [1.807, 2.05) is 19.1 Å². The molecular formula is C33H37F3N2O6. The Bertz CT molecular complexity index is 1370. The molecule has 11 heteroatoms. The third-order valence-electron chi connectivity index (χ3n) is 6.29. The number of rotatable bonds is 16. The van der Waals surface area contributed by atoms with Crippen LogP contribution in [0.4, 0.5) is 24.5 Å². The largest absolute Gasteiger partial charge is 0.494 e. The summed E-state index contributed by atoms with van der Waals surface area (Å²) in [6.07, 6.45) is 0.977. The highest BCUT2D eigenvalue weighted by Crippen LogP contribution is 2.30. The molecular weight excluding hydrogens is 577 g/mol. The maximum absolute atomic E-state index is 12.4. The number of halogens is 3. The highest BCUT2D eigenvalue weighted by Gasteiger charge is 2.26. The van der Waals surface area contributed by atoms with E-state index in [9.17, 15) is 22.8 Å². The lowest BCUT2D eigenvalue weighted by Gasteiger charge is -2.12. The number of nitrogens with two attached hydrogens (primary N) is 2. The quantitative estimate of drug-likeness (QED) is 0.0567. The van der Waals surface area contributed by atoms with Crippen molar-refractivity contribution in [2.75, 3.05) is 31.3 Å². The van der Waals surface area contributed by atoms with Crippen molar-refractivity contribution in [2.45, 2.75) is 51.6 Å². The number of hydrogen-bond acceptors (Lipinski definition) is 8. The van der Waals surface area contributed by atoms with E-state index in [2.05, 4.69) is 0 Å². The van der Waals surface area contributed by atoms with Crippen molar-refractivity contribution >= 4 is 29.4 Å². The van der Waals surface area contributed by atoms with Gasteiger partial charge in [-0.3, -0.25) is 0 Å². The van der Waals surface area contributed by atoms with Crippen LogP contribution in [0.3, 0.4) is 0 Å². The van der Waals surface area contributed by atoms with Gasteiger partial charge in [0, 0.05) is 12.5 Å². The average molecular weight is 615 g/mol. The van der Waals surface area contributed by atoms with Crippen LogP contribution in [-0.2, 0) is 9.53 Å². The molecule has 0 aliphatic heterocycles. The first-order chi connectivity index (χ1) is 21.0. The Morgan fingerprint density at radius 3 is 2.00 bits per heavy atom. The molecule has 0 heterocycles. The van der Waals surface area contributed by atoms with Crippen LogP contribution in [0.2, 0.25) is 0 Å². The van der Waals surface area contributed by atoms with E-state index in [1.54, 1.807) is 30.3 Å². The minimum Gasteiger partial charge on any atom is -0.494 e. The Morgan fingerprint density at radius 2 is 1.36 bits per heavy atom. The van der Waals surface area contributed by atoms with Crippen molar-refractivity contribution in [3.8, 4) is 17.2 Å². The lowest BCUT2D eigenvalue weighted by molar-refractivity contribution is -0.138. The van der Waals surface area contributed by atoms with E-state index >= 15 is 0 Å². The summed E-state index contributed by atoms with van der Waals surface area (Å²) in [5.74, 6) is 0.121. The number of aryl methyl sites for hydroxylation is 1. The molecule has 0 fully saturated rings. The molecule has 0 aliphatic carbocycles. The fourth-order valence-electron chi connectivity index (χ4n) is 4.08. The molecule has 0 radical (unpaired) electrons. The molecule has 4 N–H and O–H groups in total. The van der Waals surface area contributed by atoms with Gasteiger partial charge < -0.3 is 30.4 Å². The van der Waals surface area contributed by atoms with Gasteiger partial charge in [-0.15, -0.1) is 0 Å². The normalized spacial score (nSPS) is 11.4. The summed E-state index contributed by atoms with van der Waals surface area (Å²) in [5.41, 5.74) is 14.9. The third kappa shape index (κ3) is 12.3. The van der Waals surface area contributed by atoms with Crippen molar-refractivity contribution < 1.29 is 41.7 Å². The summed E-state index contributed by atoms with van der Waals surface area (Å²) < 4.78 is 58.2. The molecule has 3 aromatic rings. The lowest BCUT2D eigenvalue weighted by Crippen LogP contribution is -2.10. The standard InChI is InChI=1S/C33H37F3N2O6/c1-23-21-28(37)31(29(38)22-23)43-19-5-3-2-4-18-42-30(39)16-9-24-7-12-27(13-8-24)44-32(40)25-10-14-26(15-11-25)41-20-6-17-33(34,35)36/h7-16,21-22H,2-6,17-20,37-38H2,1H3/b16-9+. The maximum atomic E-state index is 12.4. The van der Waals surface area contributed by atoms with Crippen molar-refractivity contribution in [1.29, 1.82) is 0 Å². The second-order valence-electron chi connectivity index (χ2n) is 10.1. The smallest absolute Gasteiger partial charge is 0.389 e. The van der Waals surface area contributed by atoms with Gasteiger partial charge >= 0.3 is 18.1 Å². The molecule has 0 aromatic heterocycles. The first-order valence-corrected chi connectivity index (χ1v) is 14.3. The predicted molar refractivity (Wildman–Crippen MR) is 163 cm³/mol. The zero-order valence-electron chi connectivity index (χ0n) is 24.5.